The van der Waals surface area contributed by atoms with Gasteiger partial charge in [0.25, 0.3) is 5.56 Å². The number of methoxy groups -OCH3 is 1. The van der Waals surface area contributed by atoms with Crippen molar-refractivity contribution in [3.8, 4) is 17.0 Å². The van der Waals surface area contributed by atoms with E-state index in [1.807, 2.05) is 0 Å². The molecule has 7 nitrogen and oxygen atoms in total. The Hall–Kier alpha value is -2.88. The van der Waals surface area contributed by atoms with Crippen molar-refractivity contribution < 1.29 is 23.0 Å². The number of nitrogens with one attached hydrogen (secondary N) is 1. The Labute approximate surface area is 145 Å². The molecule has 0 fully saturated rings. The Morgan fingerprint density at radius 1 is 1.35 bits per heavy atom. The number of rotatable bonds is 5. The lowest BCUT2D eigenvalue weighted by Crippen LogP contribution is -2.15. The molecule has 0 amide bonds. The van der Waals surface area contributed by atoms with Gasteiger partial charge in [-0.2, -0.15) is 23.4 Å². The molecular weight excluding hydrogens is 353 g/mol. The third-order valence-electron chi connectivity index (χ3n) is 3.89. The molecule has 2 heterocycles. The van der Waals surface area contributed by atoms with Gasteiger partial charge in [-0.15, -0.1) is 0 Å². The maximum Gasteiger partial charge on any atom is 0.416 e. The van der Waals surface area contributed by atoms with E-state index in [0.717, 1.165) is 12.1 Å². The third-order valence-corrected chi connectivity index (χ3v) is 3.89. The summed E-state index contributed by atoms with van der Waals surface area (Å²) >= 11 is 0. The van der Waals surface area contributed by atoms with Gasteiger partial charge in [-0.05, 0) is 24.6 Å². The fourth-order valence-electron chi connectivity index (χ4n) is 2.68. The molecule has 26 heavy (non-hydrogen) atoms. The van der Waals surface area contributed by atoms with Crippen molar-refractivity contribution in [2.24, 2.45) is 0 Å². The molecule has 3 aromatic rings. The van der Waals surface area contributed by atoms with Gasteiger partial charge in [-0.1, -0.05) is 0 Å². The van der Waals surface area contributed by atoms with E-state index in [-0.39, 0.29) is 23.6 Å². The van der Waals surface area contributed by atoms with E-state index < -0.39 is 17.3 Å². The number of aromatic amines is 1. The van der Waals surface area contributed by atoms with Crippen molar-refractivity contribution in [3.63, 3.8) is 0 Å². The van der Waals surface area contributed by atoms with Crippen LogP contribution in [0.2, 0.25) is 0 Å². The molecule has 1 aromatic carbocycles. The normalized spacial score (nSPS) is 11.9. The number of aryl methyl sites for hydroxylation is 1. The van der Waals surface area contributed by atoms with Crippen molar-refractivity contribution in [1.29, 1.82) is 0 Å². The van der Waals surface area contributed by atoms with Gasteiger partial charge in [-0.3, -0.25) is 9.48 Å². The maximum absolute atomic E-state index is 12.9. The first-order valence-electron chi connectivity index (χ1n) is 7.67. The summed E-state index contributed by atoms with van der Waals surface area (Å²) in [5.74, 6) is -0.0243. The minimum Gasteiger partial charge on any atom is -0.496 e. The first-order valence-corrected chi connectivity index (χ1v) is 7.67. The number of alkyl halides is 3. The highest BCUT2D eigenvalue weighted by Crippen LogP contribution is 2.37. The minimum absolute atomic E-state index is 0.0243. The van der Waals surface area contributed by atoms with Crippen LogP contribution in [0, 0.1) is 0 Å². The van der Waals surface area contributed by atoms with E-state index in [1.54, 1.807) is 0 Å². The lowest BCUT2D eigenvalue weighted by atomic mass is 10.0. The zero-order valence-corrected chi connectivity index (χ0v) is 13.7. The number of aliphatic hydroxyl groups is 1. The third kappa shape index (κ3) is 3.15. The van der Waals surface area contributed by atoms with Crippen molar-refractivity contribution in [1.82, 2.24) is 20.0 Å². The van der Waals surface area contributed by atoms with Crippen molar-refractivity contribution in [3.05, 3.63) is 40.3 Å². The molecule has 10 heteroatoms. The van der Waals surface area contributed by atoms with Crippen LogP contribution in [0.5, 0.6) is 5.75 Å². The second-order valence-electron chi connectivity index (χ2n) is 5.52. The van der Waals surface area contributed by atoms with Crippen LogP contribution in [0.4, 0.5) is 13.2 Å². The Morgan fingerprint density at radius 3 is 2.77 bits per heavy atom. The van der Waals surface area contributed by atoms with E-state index >= 15 is 0 Å². The lowest BCUT2D eigenvalue weighted by Gasteiger charge is -2.12. The maximum atomic E-state index is 12.9. The zero-order valence-electron chi connectivity index (χ0n) is 13.7. The summed E-state index contributed by atoms with van der Waals surface area (Å²) in [7, 11) is 1.26. The molecule has 0 bridgehead atoms. The van der Waals surface area contributed by atoms with Crippen LogP contribution < -0.4 is 10.3 Å². The predicted molar refractivity (Wildman–Crippen MR) is 86.8 cm³/mol. The Balaban J connectivity index is 2.18. The largest absolute Gasteiger partial charge is 0.496 e. The molecule has 2 aromatic heterocycles. The predicted octanol–water partition coefficient (Wildman–Crippen LogP) is 2.20. The molecule has 0 aliphatic heterocycles. The molecular formula is C16H15F3N4O3. The molecule has 0 unspecified atom stereocenters. The van der Waals surface area contributed by atoms with Crippen LogP contribution >= 0.6 is 0 Å². The molecule has 0 atom stereocenters. The molecule has 0 aliphatic rings. The first-order chi connectivity index (χ1) is 12.4. The molecule has 0 saturated heterocycles. The molecule has 0 radical (unpaired) electrons. The van der Waals surface area contributed by atoms with Gasteiger partial charge < -0.3 is 9.84 Å². The SMILES string of the molecule is COc1cc(C(F)(F)F)ccc1-c1n[nH]c(=O)c2c1cnn2CCCO. The summed E-state index contributed by atoms with van der Waals surface area (Å²) < 4.78 is 45.3. The molecule has 138 valence electrons. The van der Waals surface area contributed by atoms with Crippen LogP contribution in [0.15, 0.2) is 29.2 Å². The Kier molecular flexibility index (Phi) is 4.68. The smallest absolute Gasteiger partial charge is 0.416 e. The van der Waals surface area contributed by atoms with Gasteiger partial charge in [0.05, 0.1) is 24.3 Å². The number of H-pyrrole nitrogens is 1. The molecule has 0 aliphatic carbocycles. The zero-order chi connectivity index (χ0) is 18.9. The van der Waals surface area contributed by atoms with Gasteiger partial charge in [0.2, 0.25) is 0 Å². The minimum atomic E-state index is -4.51. The monoisotopic (exact) mass is 368 g/mol. The van der Waals surface area contributed by atoms with Gasteiger partial charge in [0.1, 0.15) is 17.0 Å². The van der Waals surface area contributed by atoms with Crippen molar-refractivity contribution >= 4 is 10.9 Å². The highest BCUT2D eigenvalue weighted by Gasteiger charge is 2.31. The van der Waals surface area contributed by atoms with Gasteiger partial charge in [0.15, 0.2) is 0 Å². The van der Waals surface area contributed by atoms with Crippen LogP contribution in [0.3, 0.4) is 0 Å². The molecule has 2 N–H and O–H groups in total. The first kappa shape index (κ1) is 17.9. The number of hydrogen-bond acceptors (Lipinski definition) is 5. The summed E-state index contributed by atoms with van der Waals surface area (Å²) in [6.45, 7) is 0.251. The second-order valence-corrected chi connectivity index (χ2v) is 5.52. The van der Waals surface area contributed by atoms with E-state index in [0.29, 0.717) is 23.9 Å². The number of fused-ring (bicyclic) bond motifs is 1. The fraction of sp³-hybridized carbons (Fsp3) is 0.312. The quantitative estimate of drug-likeness (QED) is 0.720. The topological polar surface area (TPSA) is 93.0 Å². The number of hydrogen-bond donors (Lipinski definition) is 2. The summed E-state index contributed by atoms with van der Waals surface area (Å²) in [6, 6.07) is 3.05. The number of nitrogens with zero attached hydrogens (tertiary/aromatic N) is 3. The standard InChI is InChI=1S/C16H15F3N4O3/c1-26-12-7-9(16(17,18)19)3-4-10(12)13-11-8-20-23(5-2-6-24)14(11)15(25)22-21-13/h3-4,7-8,24H,2,5-6H2,1H3,(H,22,25). The van der Waals surface area contributed by atoms with Gasteiger partial charge in [0, 0.05) is 18.7 Å². The number of aliphatic hydroxyl groups excluding tert-OH is 1. The molecule has 0 spiro atoms. The van der Waals surface area contributed by atoms with Crippen molar-refractivity contribution in [2.75, 3.05) is 13.7 Å². The van der Waals surface area contributed by atoms with Gasteiger partial charge in [-0.25, -0.2) is 5.10 Å². The van der Waals surface area contributed by atoms with E-state index in [2.05, 4.69) is 15.3 Å². The lowest BCUT2D eigenvalue weighted by molar-refractivity contribution is -0.137. The average Bonchev–Trinajstić information content (AvgIpc) is 3.04. The van der Waals surface area contributed by atoms with Crippen LogP contribution in [-0.2, 0) is 12.7 Å². The highest BCUT2D eigenvalue weighted by atomic mass is 19.4. The summed E-state index contributed by atoms with van der Waals surface area (Å²) in [5, 5.41) is 19.8. The molecule has 0 saturated carbocycles. The van der Waals surface area contributed by atoms with E-state index in [9.17, 15) is 18.0 Å². The fourth-order valence-corrected chi connectivity index (χ4v) is 2.68. The average molecular weight is 368 g/mol. The summed E-state index contributed by atoms with van der Waals surface area (Å²) in [6.07, 6.45) is -2.69. The van der Waals surface area contributed by atoms with E-state index in [4.69, 9.17) is 9.84 Å². The molecule has 3 rings (SSSR count). The van der Waals surface area contributed by atoms with E-state index in [1.165, 1.54) is 24.1 Å². The van der Waals surface area contributed by atoms with Crippen LogP contribution in [0.1, 0.15) is 12.0 Å². The van der Waals surface area contributed by atoms with Crippen molar-refractivity contribution in [2.45, 2.75) is 19.1 Å². The number of benzene rings is 1. The second kappa shape index (κ2) is 6.79. The summed E-state index contributed by atoms with van der Waals surface area (Å²) in [4.78, 5) is 12.1. The highest BCUT2D eigenvalue weighted by molar-refractivity contribution is 5.93. The van der Waals surface area contributed by atoms with Crippen LogP contribution in [-0.4, -0.2) is 38.8 Å². The Bertz CT molecular complexity index is 995. The summed E-state index contributed by atoms with van der Waals surface area (Å²) in [5.41, 5.74) is -0.559. The van der Waals surface area contributed by atoms with Gasteiger partial charge >= 0.3 is 6.18 Å². The number of ether oxygens (including phenoxy) is 1. The van der Waals surface area contributed by atoms with Crippen LogP contribution in [0.25, 0.3) is 22.2 Å². The number of halogens is 3. The Morgan fingerprint density at radius 2 is 2.12 bits per heavy atom. The number of aromatic nitrogens is 4.